The largest absolute Gasteiger partial charge is 0.478 e. The predicted octanol–water partition coefficient (Wildman–Crippen LogP) is 3.38. The average Bonchev–Trinajstić information content (AvgIpc) is 2.30. The maximum absolute atomic E-state index is 13.7. The van der Waals surface area contributed by atoms with E-state index in [-0.39, 0.29) is 11.5 Å². The number of hydrogen-bond acceptors (Lipinski definition) is 1. The minimum absolute atomic E-state index is 0.0448. The van der Waals surface area contributed by atoms with Crippen molar-refractivity contribution in [3.8, 4) is 0 Å². The first kappa shape index (κ1) is 11.1. The van der Waals surface area contributed by atoms with E-state index in [4.69, 9.17) is 5.11 Å². The summed E-state index contributed by atoms with van der Waals surface area (Å²) in [7, 11) is 0. The summed E-state index contributed by atoms with van der Waals surface area (Å²) in [6.07, 6.45) is 2.75. The highest BCUT2D eigenvalue weighted by Gasteiger charge is 2.25. The molecule has 0 amide bonds. The summed E-state index contributed by atoms with van der Waals surface area (Å²) in [4.78, 5) is 10.7. The molecular weight excluding hydrogens is 207 g/mol. The molecule has 0 saturated heterocycles. The van der Waals surface area contributed by atoms with Crippen molar-refractivity contribution in [2.45, 2.75) is 37.8 Å². The molecule has 0 radical (unpaired) electrons. The van der Waals surface area contributed by atoms with Gasteiger partial charge in [-0.2, -0.15) is 0 Å². The molecule has 1 N–H and O–H groups in total. The van der Waals surface area contributed by atoms with Crippen LogP contribution in [0, 0.1) is 0 Å². The van der Waals surface area contributed by atoms with E-state index < -0.39 is 12.1 Å². The second kappa shape index (κ2) is 4.64. The van der Waals surface area contributed by atoms with Crippen LogP contribution in [0.1, 0.15) is 47.5 Å². The summed E-state index contributed by atoms with van der Waals surface area (Å²) >= 11 is 0. The van der Waals surface area contributed by atoms with Gasteiger partial charge in [-0.05, 0) is 30.5 Å². The lowest BCUT2D eigenvalue weighted by molar-refractivity contribution is 0.0697. The quantitative estimate of drug-likeness (QED) is 0.832. The number of rotatable bonds is 2. The SMILES string of the molecule is O=C(O)c1ccc(C2CCCCC2F)cc1. The Morgan fingerprint density at radius 3 is 2.38 bits per heavy atom. The van der Waals surface area contributed by atoms with E-state index in [1.807, 2.05) is 0 Å². The van der Waals surface area contributed by atoms with E-state index in [0.717, 1.165) is 24.8 Å². The normalized spacial score (nSPS) is 25.3. The van der Waals surface area contributed by atoms with E-state index in [9.17, 15) is 9.18 Å². The van der Waals surface area contributed by atoms with Crippen molar-refractivity contribution in [3.63, 3.8) is 0 Å². The van der Waals surface area contributed by atoms with Crippen LogP contribution in [0.2, 0.25) is 0 Å². The average molecular weight is 222 g/mol. The van der Waals surface area contributed by atoms with Crippen LogP contribution < -0.4 is 0 Å². The number of carboxylic acid groups (broad SMARTS) is 1. The lowest BCUT2D eigenvalue weighted by Crippen LogP contribution is -2.18. The first-order valence-corrected chi connectivity index (χ1v) is 5.66. The summed E-state index contributed by atoms with van der Waals surface area (Å²) in [5.74, 6) is -0.983. The van der Waals surface area contributed by atoms with Gasteiger partial charge < -0.3 is 5.11 Å². The molecule has 2 rings (SSSR count). The van der Waals surface area contributed by atoms with Gasteiger partial charge in [-0.1, -0.05) is 25.0 Å². The van der Waals surface area contributed by atoms with Crippen molar-refractivity contribution in [1.82, 2.24) is 0 Å². The van der Waals surface area contributed by atoms with E-state index in [1.165, 1.54) is 0 Å². The van der Waals surface area contributed by atoms with Crippen molar-refractivity contribution in [3.05, 3.63) is 35.4 Å². The molecule has 1 saturated carbocycles. The molecule has 3 heteroatoms. The maximum Gasteiger partial charge on any atom is 0.335 e. The Kier molecular flexibility index (Phi) is 3.22. The molecule has 2 unspecified atom stereocenters. The van der Waals surface area contributed by atoms with Crippen LogP contribution in [0.3, 0.4) is 0 Å². The summed E-state index contributed by atoms with van der Waals surface area (Å²) in [5.41, 5.74) is 1.19. The molecule has 1 aliphatic carbocycles. The molecule has 2 atom stereocenters. The molecule has 1 aromatic rings. The van der Waals surface area contributed by atoms with Gasteiger partial charge in [0.2, 0.25) is 0 Å². The molecule has 0 bridgehead atoms. The first-order chi connectivity index (χ1) is 7.68. The number of hydrogen-bond donors (Lipinski definition) is 1. The molecule has 86 valence electrons. The molecular formula is C13H15FO2. The Balaban J connectivity index is 2.17. The number of halogens is 1. The standard InChI is InChI=1S/C13H15FO2/c14-12-4-2-1-3-11(12)9-5-7-10(8-6-9)13(15)16/h5-8,11-12H,1-4H2,(H,15,16). The minimum atomic E-state index is -0.938. The highest BCUT2D eigenvalue weighted by Crippen LogP contribution is 2.35. The molecule has 16 heavy (non-hydrogen) atoms. The molecule has 1 fully saturated rings. The van der Waals surface area contributed by atoms with Crippen LogP contribution in [0.5, 0.6) is 0 Å². The summed E-state index contributed by atoms with van der Waals surface area (Å²) < 4.78 is 13.7. The Bertz CT molecular complexity index is 372. The van der Waals surface area contributed by atoms with E-state index in [2.05, 4.69) is 0 Å². The number of alkyl halides is 1. The van der Waals surface area contributed by atoms with Crippen molar-refractivity contribution >= 4 is 5.97 Å². The van der Waals surface area contributed by atoms with Crippen molar-refractivity contribution < 1.29 is 14.3 Å². The van der Waals surface area contributed by atoms with Gasteiger partial charge in [0.1, 0.15) is 6.17 Å². The fourth-order valence-corrected chi connectivity index (χ4v) is 2.33. The lowest BCUT2D eigenvalue weighted by Gasteiger charge is -2.26. The number of carboxylic acids is 1. The minimum Gasteiger partial charge on any atom is -0.478 e. The van der Waals surface area contributed by atoms with Crippen molar-refractivity contribution in [2.24, 2.45) is 0 Å². The maximum atomic E-state index is 13.7. The fraction of sp³-hybridized carbons (Fsp3) is 0.462. The number of carbonyl (C=O) groups is 1. The van der Waals surface area contributed by atoms with Crippen LogP contribution in [0.15, 0.2) is 24.3 Å². The summed E-state index contributed by atoms with van der Waals surface area (Å²) in [6.45, 7) is 0. The molecule has 2 nitrogen and oxygen atoms in total. The summed E-state index contributed by atoms with van der Waals surface area (Å²) in [6, 6.07) is 6.59. The van der Waals surface area contributed by atoms with Gasteiger partial charge in [0.25, 0.3) is 0 Å². The molecule has 0 spiro atoms. The zero-order chi connectivity index (χ0) is 11.5. The van der Waals surface area contributed by atoms with E-state index >= 15 is 0 Å². The topological polar surface area (TPSA) is 37.3 Å². The van der Waals surface area contributed by atoms with Crippen LogP contribution in [-0.4, -0.2) is 17.2 Å². The predicted molar refractivity (Wildman–Crippen MR) is 59.5 cm³/mol. The first-order valence-electron chi connectivity index (χ1n) is 5.66. The molecule has 1 aliphatic rings. The molecule has 0 aromatic heterocycles. The van der Waals surface area contributed by atoms with Gasteiger partial charge >= 0.3 is 5.97 Å². The zero-order valence-corrected chi connectivity index (χ0v) is 9.03. The Morgan fingerprint density at radius 1 is 1.19 bits per heavy atom. The molecule has 0 heterocycles. The van der Waals surface area contributed by atoms with Crippen LogP contribution in [0.25, 0.3) is 0 Å². The van der Waals surface area contributed by atoms with Crippen molar-refractivity contribution in [1.29, 1.82) is 0 Å². The second-order valence-electron chi connectivity index (χ2n) is 4.33. The third-order valence-electron chi connectivity index (χ3n) is 3.27. The number of benzene rings is 1. The lowest BCUT2D eigenvalue weighted by atomic mass is 9.82. The number of aromatic carboxylic acids is 1. The third-order valence-corrected chi connectivity index (χ3v) is 3.27. The highest BCUT2D eigenvalue weighted by molar-refractivity contribution is 5.87. The van der Waals surface area contributed by atoms with Gasteiger partial charge in [-0.25, -0.2) is 9.18 Å². The van der Waals surface area contributed by atoms with Gasteiger partial charge in [0, 0.05) is 5.92 Å². The zero-order valence-electron chi connectivity index (χ0n) is 9.03. The van der Waals surface area contributed by atoms with Crippen molar-refractivity contribution in [2.75, 3.05) is 0 Å². The van der Waals surface area contributed by atoms with Gasteiger partial charge in [-0.15, -0.1) is 0 Å². The second-order valence-corrected chi connectivity index (χ2v) is 4.33. The summed E-state index contributed by atoms with van der Waals surface area (Å²) in [5, 5.41) is 8.76. The van der Waals surface area contributed by atoms with E-state index in [1.54, 1.807) is 24.3 Å². The molecule has 1 aromatic carbocycles. The Morgan fingerprint density at radius 2 is 1.81 bits per heavy atom. The van der Waals surface area contributed by atoms with Gasteiger partial charge in [-0.3, -0.25) is 0 Å². The molecule has 0 aliphatic heterocycles. The fourth-order valence-electron chi connectivity index (χ4n) is 2.33. The van der Waals surface area contributed by atoms with Gasteiger partial charge in [0.15, 0.2) is 0 Å². The smallest absolute Gasteiger partial charge is 0.335 e. The van der Waals surface area contributed by atoms with Crippen LogP contribution >= 0.6 is 0 Å². The van der Waals surface area contributed by atoms with Gasteiger partial charge in [0.05, 0.1) is 5.56 Å². The Hall–Kier alpha value is -1.38. The van der Waals surface area contributed by atoms with E-state index in [0.29, 0.717) is 6.42 Å². The van der Waals surface area contributed by atoms with Crippen LogP contribution in [0.4, 0.5) is 4.39 Å². The third kappa shape index (κ3) is 2.23. The van der Waals surface area contributed by atoms with Crippen LogP contribution in [-0.2, 0) is 0 Å². The monoisotopic (exact) mass is 222 g/mol. The Labute approximate surface area is 94.1 Å². The highest BCUT2D eigenvalue weighted by atomic mass is 19.1.